The van der Waals surface area contributed by atoms with Gasteiger partial charge < -0.3 is 0 Å². The van der Waals surface area contributed by atoms with Gasteiger partial charge in [0.25, 0.3) is 5.91 Å². The zero-order valence-electron chi connectivity index (χ0n) is 11.0. The van der Waals surface area contributed by atoms with E-state index in [1.54, 1.807) is 25.1 Å². The highest BCUT2D eigenvalue weighted by Crippen LogP contribution is 2.21. The largest absolute Gasteiger partial charge is 0.272 e. The third kappa shape index (κ3) is 3.97. The first kappa shape index (κ1) is 15.8. The lowest BCUT2D eigenvalue weighted by molar-refractivity contribution is 0.0955. The van der Waals surface area contributed by atoms with Crippen molar-refractivity contribution >= 4 is 46.4 Å². The van der Waals surface area contributed by atoms with Crippen LogP contribution in [0.2, 0.25) is 15.1 Å². The Hall–Kier alpha value is -1.55. The van der Waals surface area contributed by atoms with Crippen molar-refractivity contribution in [3.05, 3.63) is 68.7 Å². The number of halogens is 3. The topological polar surface area (TPSA) is 41.5 Å². The maximum Gasteiger partial charge on any atom is 0.272 e. The van der Waals surface area contributed by atoms with E-state index in [9.17, 15) is 4.79 Å². The van der Waals surface area contributed by atoms with Gasteiger partial charge in [-0.05, 0) is 31.2 Å². The molecule has 6 heteroatoms. The first-order valence-electron chi connectivity index (χ1n) is 6.03. The highest BCUT2D eigenvalue weighted by molar-refractivity contribution is 6.36. The normalized spacial score (nSPS) is 11.3. The molecule has 0 spiro atoms. The van der Waals surface area contributed by atoms with Gasteiger partial charge in [0.05, 0.1) is 16.3 Å². The molecule has 0 bridgehead atoms. The van der Waals surface area contributed by atoms with Crippen molar-refractivity contribution in [3.8, 4) is 0 Å². The molecule has 2 aromatic carbocycles. The van der Waals surface area contributed by atoms with E-state index in [1.165, 1.54) is 6.07 Å². The SMILES string of the molecule is CC(=NNC(=O)c1ccc(Cl)cc1Cl)c1ccccc1Cl. The predicted octanol–water partition coefficient (Wildman–Crippen LogP) is 4.80. The lowest BCUT2D eigenvalue weighted by Gasteiger charge is -2.06. The Balaban J connectivity index is 2.17. The van der Waals surface area contributed by atoms with Crippen molar-refractivity contribution in [1.29, 1.82) is 0 Å². The van der Waals surface area contributed by atoms with Crippen LogP contribution in [0.1, 0.15) is 22.8 Å². The second-order valence-electron chi connectivity index (χ2n) is 4.24. The number of hydrogen-bond donors (Lipinski definition) is 1. The Morgan fingerprint density at radius 3 is 2.38 bits per heavy atom. The van der Waals surface area contributed by atoms with Gasteiger partial charge in [0.15, 0.2) is 0 Å². The van der Waals surface area contributed by atoms with Gasteiger partial charge in [0.1, 0.15) is 0 Å². The van der Waals surface area contributed by atoms with Crippen LogP contribution < -0.4 is 5.43 Å². The molecule has 2 aromatic rings. The van der Waals surface area contributed by atoms with E-state index >= 15 is 0 Å². The lowest BCUT2D eigenvalue weighted by Crippen LogP contribution is -2.19. The Labute approximate surface area is 137 Å². The van der Waals surface area contributed by atoms with Crippen molar-refractivity contribution in [2.75, 3.05) is 0 Å². The number of hydrazone groups is 1. The molecule has 3 nitrogen and oxygen atoms in total. The zero-order chi connectivity index (χ0) is 15.4. The van der Waals surface area contributed by atoms with Crippen LogP contribution in [0, 0.1) is 0 Å². The van der Waals surface area contributed by atoms with Crippen molar-refractivity contribution in [2.45, 2.75) is 6.92 Å². The molecular formula is C15H11Cl3N2O. The smallest absolute Gasteiger partial charge is 0.267 e. The van der Waals surface area contributed by atoms with E-state index in [-0.39, 0.29) is 5.02 Å². The maximum atomic E-state index is 12.0. The average molecular weight is 342 g/mol. The summed E-state index contributed by atoms with van der Waals surface area (Å²) < 4.78 is 0. The third-order valence-corrected chi connectivity index (χ3v) is 3.64. The molecule has 0 unspecified atom stereocenters. The van der Waals surface area contributed by atoms with Crippen LogP contribution in [0.15, 0.2) is 47.6 Å². The molecule has 1 amide bonds. The van der Waals surface area contributed by atoms with Gasteiger partial charge in [-0.1, -0.05) is 53.0 Å². The van der Waals surface area contributed by atoms with Gasteiger partial charge in [0.2, 0.25) is 0 Å². The fourth-order valence-electron chi connectivity index (χ4n) is 1.68. The summed E-state index contributed by atoms with van der Waals surface area (Å²) in [5.74, 6) is -0.414. The summed E-state index contributed by atoms with van der Waals surface area (Å²) >= 11 is 17.8. The van der Waals surface area contributed by atoms with E-state index in [1.807, 2.05) is 18.2 Å². The predicted molar refractivity (Wildman–Crippen MR) is 87.6 cm³/mol. The summed E-state index contributed by atoms with van der Waals surface area (Å²) in [6.07, 6.45) is 0. The number of nitrogens with zero attached hydrogens (tertiary/aromatic N) is 1. The average Bonchev–Trinajstić information content (AvgIpc) is 2.45. The van der Waals surface area contributed by atoms with Crippen LogP contribution in [0.5, 0.6) is 0 Å². The molecule has 1 N–H and O–H groups in total. The second-order valence-corrected chi connectivity index (χ2v) is 5.49. The molecule has 0 aliphatic carbocycles. The van der Waals surface area contributed by atoms with Crippen LogP contribution >= 0.6 is 34.8 Å². The summed E-state index contributed by atoms with van der Waals surface area (Å²) in [7, 11) is 0. The minimum Gasteiger partial charge on any atom is -0.267 e. The fraction of sp³-hybridized carbons (Fsp3) is 0.0667. The highest BCUT2D eigenvalue weighted by Gasteiger charge is 2.10. The van der Waals surface area contributed by atoms with Crippen molar-refractivity contribution in [2.24, 2.45) is 5.10 Å². The van der Waals surface area contributed by atoms with Crippen LogP contribution in [0.3, 0.4) is 0 Å². The number of hydrogen-bond acceptors (Lipinski definition) is 2. The van der Waals surface area contributed by atoms with Crippen LogP contribution in [0.4, 0.5) is 0 Å². The number of benzene rings is 2. The van der Waals surface area contributed by atoms with Crippen molar-refractivity contribution in [1.82, 2.24) is 5.43 Å². The van der Waals surface area contributed by atoms with E-state index in [0.717, 1.165) is 5.56 Å². The van der Waals surface area contributed by atoms with Crippen LogP contribution in [-0.2, 0) is 0 Å². The molecule has 0 saturated heterocycles. The van der Waals surface area contributed by atoms with Gasteiger partial charge in [-0.3, -0.25) is 4.79 Å². The zero-order valence-corrected chi connectivity index (χ0v) is 13.3. The van der Waals surface area contributed by atoms with E-state index in [2.05, 4.69) is 10.5 Å². The quantitative estimate of drug-likeness (QED) is 0.632. The summed E-state index contributed by atoms with van der Waals surface area (Å²) in [6.45, 7) is 1.75. The molecular weight excluding hydrogens is 331 g/mol. The van der Waals surface area contributed by atoms with Gasteiger partial charge in [-0.15, -0.1) is 0 Å². The van der Waals surface area contributed by atoms with Crippen LogP contribution in [-0.4, -0.2) is 11.6 Å². The number of carbonyl (C=O) groups is 1. The Morgan fingerprint density at radius 2 is 1.71 bits per heavy atom. The molecule has 0 fully saturated rings. The Kier molecular flexibility index (Phi) is 5.23. The van der Waals surface area contributed by atoms with E-state index < -0.39 is 5.91 Å². The maximum absolute atomic E-state index is 12.0. The summed E-state index contributed by atoms with van der Waals surface area (Å²) in [4.78, 5) is 12.0. The van der Waals surface area contributed by atoms with Gasteiger partial charge in [0, 0.05) is 15.6 Å². The number of nitrogens with one attached hydrogen (secondary N) is 1. The summed E-state index contributed by atoms with van der Waals surface area (Å²) in [5.41, 5.74) is 4.10. The third-order valence-electron chi connectivity index (χ3n) is 2.76. The Bertz CT molecular complexity index is 714. The minimum atomic E-state index is -0.414. The number of carbonyl (C=O) groups excluding carboxylic acids is 1. The summed E-state index contributed by atoms with van der Waals surface area (Å²) in [6, 6.07) is 11.9. The van der Waals surface area contributed by atoms with Gasteiger partial charge in [-0.2, -0.15) is 5.10 Å². The lowest BCUT2D eigenvalue weighted by atomic mass is 10.1. The van der Waals surface area contributed by atoms with Gasteiger partial charge >= 0.3 is 0 Å². The molecule has 0 aliphatic heterocycles. The monoisotopic (exact) mass is 340 g/mol. The first-order valence-corrected chi connectivity index (χ1v) is 7.17. The molecule has 0 atom stereocenters. The number of rotatable bonds is 3. The van der Waals surface area contributed by atoms with Crippen molar-refractivity contribution < 1.29 is 4.79 Å². The molecule has 0 saturated carbocycles. The molecule has 21 heavy (non-hydrogen) atoms. The summed E-state index contributed by atoms with van der Waals surface area (Å²) in [5, 5.41) is 5.34. The molecule has 2 rings (SSSR count). The molecule has 0 aromatic heterocycles. The Morgan fingerprint density at radius 1 is 1.00 bits per heavy atom. The van der Waals surface area contributed by atoms with Gasteiger partial charge in [-0.25, -0.2) is 5.43 Å². The molecule has 108 valence electrons. The second kappa shape index (κ2) is 6.94. The van der Waals surface area contributed by atoms with Crippen LogP contribution in [0.25, 0.3) is 0 Å². The fourth-order valence-corrected chi connectivity index (χ4v) is 2.45. The highest BCUT2D eigenvalue weighted by atomic mass is 35.5. The first-order chi connectivity index (χ1) is 9.99. The molecule has 0 heterocycles. The molecule has 0 aliphatic rings. The standard InChI is InChI=1S/C15H11Cl3N2O/c1-9(11-4-2-3-5-13(11)17)19-20-15(21)12-7-6-10(16)8-14(12)18/h2-8H,1H3,(H,20,21). The number of amides is 1. The van der Waals surface area contributed by atoms with E-state index in [4.69, 9.17) is 34.8 Å². The molecule has 0 radical (unpaired) electrons. The van der Waals surface area contributed by atoms with E-state index in [0.29, 0.717) is 21.3 Å². The van der Waals surface area contributed by atoms with Crippen molar-refractivity contribution in [3.63, 3.8) is 0 Å². The minimum absolute atomic E-state index is 0.269.